The number of nitrogens with zero attached hydrogens (tertiary/aromatic N) is 3. The monoisotopic (exact) mass is 698 g/mol. The third-order valence-electron chi connectivity index (χ3n) is 7.59. The molecule has 1 fully saturated rings. The minimum atomic E-state index is -4.40. The van der Waals surface area contributed by atoms with Crippen LogP contribution in [0.2, 0.25) is 0 Å². The molecule has 13 heteroatoms. The number of carbonyl (C=O) groups excluding carboxylic acids is 1. The summed E-state index contributed by atoms with van der Waals surface area (Å²) in [5.41, 5.74) is 1.26. The number of anilines is 2. The number of amides is 1. The normalized spacial score (nSPS) is 13.7. The molecule has 48 heavy (non-hydrogen) atoms. The standard InChI is InChI=1S/C35H41F3N6O2S2/c1-23(2)48-44(3)32-19-27(18-31(43-32)41-21-24-10-11-24)33(45)42-29(12-13-39-20-25-6-4-8-28(16-25)35(36,37)38)22-46-30-9-5-7-26(17-30)34-40-14-15-47-34/h4-9,14-19,23-24,29,39H,10-13,20-22H2,1-3H3,(H,41,43)(H,42,45)/t29-/m1/s1. The summed E-state index contributed by atoms with van der Waals surface area (Å²) in [6.45, 7) is 5.89. The molecule has 2 heterocycles. The highest BCUT2D eigenvalue weighted by atomic mass is 32.2. The van der Waals surface area contributed by atoms with E-state index < -0.39 is 17.8 Å². The second-order valence-electron chi connectivity index (χ2n) is 12.1. The van der Waals surface area contributed by atoms with Gasteiger partial charge < -0.3 is 25.0 Å². The molecule has 5 rings (SSSR count). The van der Waals surface area contributed by atoms with Crippen LogP contribution in [0.5, 0.6) is 5.75 Å². The predicted molar refractivity (Wildman–Crippen MR) is 189 cm³/mol. The van der Waals surface area contributed by atoms with Crippen LogP contribution in [-0.4, -0.2) is 53.9 Å². The van der Waals surface area contributed by atoms with Gasteiger partial charge in [-0.2, -0.15) is 13.2 Å². The van der Waals surface area contributed by atoms with Gasteiger partial charge in [0.1, 0.15) is 29.0 Å². The van der Waals surface area contributed by atoms with Gasteiger partial charge in [-0.05, 0) is 79.6 Å². The number of rotatable bonds is 17. The number of aromatic nitrogens is 2. The number of alkyl halides is 3. The van der Waals surface area contributed by atoms with Gasteiger partial charge in [0.2, 0.25) is 0 Å². The molecule has 0 unspecified atom stereocenters. The van der Waals surface area contributed by atoms with Crippen molar-refractivity contribution in [1.82, 2.24) is 20.6 Å². The number of hydrogen-bond donors (Lipinski definition) is 3. The highest BCUT2D eigenvalue weighted by molar-refractivity contribution is 8.01. The lowest BCUT2D eigenvalue weighted by Crippen LogP contribution is -2.41. The summed E-state index contributed by atoms with van der Waals surface area (Å²) in [6.07, 6.45) is 0.216. The number of thiazole rings is 1. The zero-order chi connectivity index (χ0) is 34.1. The van der Waals surface area contributed by atoms with Gasteiger partial charge in [0.25, 0.3) is 5.91 Å². The second kappa shape index (κ2) is 16.5. The van der Waals surface area contributed by atoms with Gasteiger partial charge in [-0.25, -0.2) is 9.97 Å². The van der Waals surface area contributed by atoms with Crippen LogP contribution in [0.4, 0.5) is 24.8 Å². The van der Waals surface area contributed by atoms with Crippen LogP contribution >= 0.6 is 23.3 Å². The zero-order valence-corrected chi connectivity index (χ0v) is 28.9. The molecule has 256 valence electrons. The van der Waals surface area contributed by atoms with Crippen molar-refractivity contribution in [2.75, 3.05) is 36.4 Å². The topological polar surface area (TPSA) is 91.4 Å². The van der Waals surface area contributed by atoms with Crippen molar-refractivity contribution in [1.29, 1.82) is 0 Å². The van der Waals surface area contributed by atoms with E-state index >= 15 is 0 Å². The fourth-order valence-corrected chi connectivity index (χ4v) is 6.42. The van der Waals surface area contributed by atoms with Crippen molar-refractivity contribution in [3.63, 3.8) is 0 Å². The number of benzene rings is 2. The van der Waals surface area contributed by atoms with E-state index in [1.165, 1.54) is 30.2 Å². The van der Waals surface area contributed by atoms with Crippen LogP contribution in [-0.2, 0) is 12.7 Å². The van der Waals surface area contributed by atoms with E-state index in [1.54, 1.807) is 36.3 Å². The molecule has 1 saturated carbocycles. The highest BCUT2D eigenvalue weighted by Crippen LogP contribution is 2.31. The Balaban J connectivity index is 1.29. The molecule has 0 radical (unpaired) electrons. The molecule has 2 aromatic heterocycles. The fraction of sp³-hybridized carbons (Fsp3) is 0.400. The van der Waals surface area contributed by atoms with Crippen LogP contribution in [0.1, 0.15) is 54.6 Å². The second-order valence-corrected chi connectivity index (χ2v) is 14.7. The number of halogens is 3. The lowest BCUT2D eigenvalue weighted by atomic mass is 10.1. The molecule has 0 aliphatic heterocycles. The van der Waals surface area contributed by atoms with Gasteiger partial charge in [0.15, 0.2) is 0 Å². The molecule has 2 aromatic carbocycles. The van der Waals surface area contributed by atoms with Gasteiger partial charge >= 0.3 is 6.18 Å². The van der Waals surface area contributed by atoms with Crippen LogP contribution in [0, 0.1) is 5.92 Å². The van der Waals surface area contributed by atoms with Crippen molar-refractivity contribution >= 4 is 40.8 Å². The highest BCUT2D eigenvalue weighted by Gasteiger charge is 2.30. The Kier molecular flexibility index (Phi) is 12.2. The van der Waals surface area contributed by atoms with Gasteiger partial charge in [-0.1, -0.05) is 44.2 Å². The Hall–Kier alpha value is -3.81. The average molecular weight is 699 g/mol. The van der Waals surface area contributed by atoms with E-state index in [0.29, 0.717) is 52.6 Å². The molecule has 1 aliphatic rings. The Labute approximate surface area is 288 Å². The molecule has 4 aromatic rings. The number of pyridine rings is 1. The van der Waals surface area contributed by atoms with Crippen LogP contribution in [0.15, 0.2) is 72.2 Å². The lowest BCUT2D eigenvalue weighted by molar-refractivity contribution is -0.137. The Morgan fingerprint density at radius 1 is 1.12 bits per heavy atom. The maximum atomic E-state index is 13.8. The van der Waals surface area contributed by atoms with Gasteiger partial charge in [-0.3, -0.25) is 4.79 Å². The van der Waals surface area contributed by atoms with Crippen molar-refractivity contribution < 1.29 is 22.7 Å². The van der Waals surface area contributed by atoms with E-state index in [0.717, 1.165) is 29.2 Å². The molecule has 3 N–H and O–H groups in total. The van der Waals surface area contributed by atoms with Crippen molar-refractivity contribution in [2.45, 2.75) is 57.1 Å². The van der Waals surface area contributed by atoms with E-state index in [9.17, 15) is 18.0 Å². The fourth-order valence-electron chi connectivity index (χ4n) is 4.95. The van der Waals surface area contributed by atoms with Gasteiger partial charge in [-0.15, -0.1) is 11.3 Å². The third kappa shape index (κ3) is 10.9. The largest absolute Gasteiger partial charge is 0.491 e. The van der Waals surface area contributed by atoms with Crippen molar-refractivity contribution in [3.05, 3.63) is 88.9 Å². The van der Waals surface area contributed by atoms with Gasteiger partial charge in [0.05, 0.1) is 11.6 Å². The maximum Gasteiger partial charge on any atom is 0.416 e. The number of hydrogen-bond acceptors (Lipinski definition) is 9. The summed E-state index contributed by atoms with van der Waals surface area (Å²) < 4.78 is 47.7. The predicted octanol–water partition coefficient (Wildman–Crippen LogP) is 7.90. The Morgan fingerprint density at radius 2 is 1.94 bits per heavy atom. The first-order chi connectivity index (χ1) is 23.0. The molecule has 0 spiro atoms. The van der Waals surface area contributed by atoms with Crippen molar-refractivity contribution in [2.24, 2.45) is 5.92 Å². The summed E-state index contributed by atoms with van der Waals surface area (Å²) in [4.78, 5) is 22.9. The summed E-state index contributed by atoms with van der Waals surface area (Å²) in [5.74, 6) is 2.34. The summed E-state index contributed by atoms with van der Waals surface area (Å²) in [7, 11) is 1.94. The molecule has 8 nitrogen and oxygen atoms in total. The first-order valence-electron chi connectivity index (χ1n) is 16.0. The quantitative estimate of drug-likeness (QED) is 0.0758. The van der Waals surface area contributed by atoms with E-state index in [2.05, 4.69) is 34.8 Å². The Morgan fingerprint density at radius 3 is 2.67 bits per heavy atom. The van der Waals surface area contributed by atoms with Crippen LogP contribution in [0.3, 0.4) is 0 Å². The average Bonchev–Trinajstić information content (AvgIpc) is 3.73. The van der Waals surface area contributed by atoms with E-state index in [-0.39, 0.29) is 19.1 Å². The first kappa shape index (κ1) is 35.5. The summed E-state index contributed by atoms with van der Waals surface area (Å²) >= 11 is 3.16. The number of nitrogens with one attached hydrogen (secondary N) is 3. The van der Waals surface area contributed by atoms with E-state index in [4.69, 9.17) is 9.72 Å². The molecule has 0 bridgehead atoms. The van der Waals surface area contributed by atoms with Crippen LogP contribution in [0.25, 0.3) is 10.6 Å². The first-order valence-corrected chi connectivity index (χ1v) is 17.7. The molecule has 1 amide bonds. The molecular formula is C35H41F3N6O2S2. The minimum Gasteiger partial charge on any atom is -0.491 e. The van der Waals surface area contributed by atoms with Crippen LogP contribution < -0.4 is 25.0 Å². The third-order valence-corrected chi connectivity index (χ3v) is 9.33. The van der Waals surface area contributed by atoms with E-state index in [1.807, 2.05) is 41.0 Å². The van der Waals surface area contributed by atoms with Crippen molar-refractivity contribution in [3.8, 4) is 16.3 Å². The smallest absolute Gasteiger partial charge is 0.416 e. The molecule has 0 saturated heterocycles. The SMILES string of the molecule is CC(C)SN(C)c1cc(C(=O)N[C@H](CCNCc2cccc(C(F)(F)F)c2)COc2cccc(-c3nccs3)c2)cc(NCC2CC2)n1. The van der Waals surface area contributed by atoms with Gasteiger partial charge in [0, 0.05) is 48.1 Å². The summed E-state index contributed by atoms with van der Waals surface area (Å²) in [6, 6.07) is 16.1. The lowest BCUT2D eigenvalue weighted by Gasteiger charge is -2.22. The zero-order valence-electron chi connectivity index (χ0n) is 27.2. The number of ether oxygens (including phenoxy) is 1. The molecule has 1 atom stereocenters. The minimum absolute atomic E-state index is 0.187. The Bertz CT molecular complexity index is 1630. The maximum absolute atomic E-state index is 13.8. The molecule has 1 aliphatic carbocycles. The number of carbonyl (C=O) groups is 1. The summed E-state index contributed by atoms with van der Waals surface area (Å²) in [5, 5.41) is 12.9. The molecular weight excluding hydrogens is 658 g/mol.